The minimum absolute atomic E-state index is 0.491. The first-order valence-corrected chi connectivity index (χ1v) is 3.68. The van der Waals surface area contributed by atoms with Crippen LogP contribution in [0.1, 0.15) is 25.5 Å². The number of nitrogens with zero attached hydrogens (tertiary/aromatic N) is 2. The summed E-state index contributed by atoms with van der Waals surface area (Å²) in [6.07, 6.45) is 1.81. The molecule has 0 aliphatic rings. The van der Waals surface area contributed by atoms with E-state index in [0.29, 0.717) is 11.2 Å². The van der Waals surface area contributed by atoms with E-state index in [0.717, 1.165) is 0 Å². The van der Waals surface area contributed by atoms with Crippen molar-refractivity contribution in [2.24, 2.45) is 7.05 Å². The third-order valence-electron chi connectivity index (χ3n) is 1.56. The van der Waals surface area contributed by atoms with Crippen LogP contribution in [0, 0.1) is 0 Å². The van der Waals surface area contributed by atoms with Crippen LogP contribution in [0.2, 0.25) is 5.28 Å². The van der Waals surface area contributed by atoms with Gasteiger partial charge in [0.15, 0.2) is 0 Å². The Morgan fingerprint density at radius 3 is 2.40 bits per heavy atom. The Morgan fingerprint density at radius 2 is 2.20 bits per heavy atom. The maximum atomic E-state index is 5.73. The van der Waals surface area contributed by atoms with Gasteiger partial charge in [0.1, 0.15) is 0 Å². The van der Waals surface area contributed by atoms with E-state index in [1.54, 1.807) is 0 Å². The van der Waals surface area contributed by atoms with Crippen LogP contribution in [0.4, 0.5) is 0 Å². The molecule has 3 heteroatoms. The van der Waals surface area contributed by atoms with Gasteiger partial charge in [-0.25, -0.2) is 4.98 Å². The summed E-state index contributed by atoms with van der Waals surface area (Å²) in [6, 6.07) is 0. The molecular formula is C7H11ClN2. The van der Waals surface area contributed by atoms with Crippen LogP contribution in [0.5, 0.6) is 0 Å². The third-order valence-corrected chi connectivity index (χ3v) is 1.91. The zero-order valence-corrected chi connectivity index (χ0v) is 7.18. The van der Waals surface area contributed by atoms with Gasteiger partial charge in [0, 0.05) is 12.7 Å². The monoisotopic (exact) mass is 158 g/mol. The van der Waals surface area contributed by atoms with Gasteiger partial charge >= 0.3 is 0 Å². The van der Waals surface area contributed by atoms with Gasteiger partial charge in [-0.3, -0.25) is 0 Å². The maximum absolute atomic E-state index is 5.73. The minimum atomic E-state index is 0.491. The molecule has 0 unspecified atom stereocenters. The number of aromatic nitrogens is 2. The van der Waals surface area contributed by atoms with Crippen LogP contribution in [0.15, 0.2) is 6.20 Å². The van der Waals surface area contributed by atoms with Crippen LogP contribution >= 0.6 is 11.6 Å². The molecule has 10 heavy (non-hydrogen) atoms. The highest BCUT2D eigenvalue weighted by molar-refractivity contribution is 6.28. The Hall–Kier alpha value is -0.500. The highest BCUT2D eigenvalue weighted by atomic mass is 35.5. The van der Waals surface area contributed by atoms with E-state index in [-0.39, 0.29) is 0 Å². The molecular weight excluding hydrogens is 148 g/mol. The van der Waals surface area contributed by atoms with Crippen LogP contribution in [0.3, 0.4) is 0 Å². The van der Waals surface area contributed by atoms with Gasteiger partial charge in [0.05, 0.1) is 6.20 Å². The fourth-order valence-corrected chi connectivity index (χ4v) is 1.08. The topological polar surface area (TPSA) is 17.8 Å². The Morgan fingerprint density at radius 1 is 1.60 bits per heavy atom. The fraction of sp³-hybridized carbons (Fsp3) is 0.571. The average molecular weight is 159 g/mol. The van der Waals surface area contributed by atoms with Crippen molar-refractivity contribution in [3.8, 4) is 0 Å². The second-order valence-corrected chi connectivity index (χ2v) is 3.00. The normalized spacial score (nSPS) is 10.9. The van der Waals surface area contributed by atoms with Gasteiger partial charge < -0.3 is 4.57 Å². The van der Waals surface area contributed by atoms with Crippen LogP contribution in [-0.4, -0.2) is 9.55 Å². The number of rotatable bonds is 1. The molecule has 56 valence electrons. The lowest BCUT2D eigenvalue weighted by molar-refractivity contribution is 0.741. The van der Waals surface area contributed by atoms with Crippen molar-refractivity contribution in [1.29, 1.82) is 0 Å². The summed E-state index contributed by atoms with van der Waals surface area (Å²) in [5.74, 6) is 0.491. The molecule has 0 spiro atoms. The standard InChI is InChI=1S/C7H11ClN2/c1-5(2)6-4-9-7(8)10(6)3/h4-5H,1-3H3. The summed E-state index contributed by atoms with van der Waals surface area (Å²) < 4.78 is 1.90. The molecule has 0 fully saturated rings. The summed E-state index contributed by atoms with van der Waals surface area (Å²) in [7, 11) is 1.92. The van der Waals surface area contributed by atoms with Gasteiger partial charge in [0.25, 0.3) is 0 Å². The van der Waals surface area contributed by atoms with Crippen molar-refractivity contribution in [3.05, 3.63) is 17.2 Å². The summed E-state index contributed by atoms with van der Waals surface area (Å²) in [4.78, 5) is 3.97. The Balaban J connectivity index is 3.05. The van der Waals surface area contributed by atoms with Gasteiger partial charge in [0.2, 0.25) is 5.28 Å². The van der Waals surface area contributed by atoms with E-state index >= 15 is 0 Å². The van der Waals surface area contributed by atoms with E-state index in [9.17, 15) is 0 Å². The smallest absolute Gasteiger partial charge is 0.202 e. The summed E-state index contributed by atoms with van der Waals surface area (Å²) in [5.41, 5.74) is 1.17. The van der Waals surface area contributed by atoms with E-state index in [1.165, 1.54) is 5.69 Å². The highest BCUT2D eigenvalue weighted by Crippen LogP contribution is 2.16. The minimum Gasteiger partial charge on any atom is -0.322 e. The number of hydrogen-bond acceptors (Lipinski definition) is 1. The van der Waals surface area contributed by atoms with E-state index in [4.69, 9.17) is 11.6 Å². The molecule has 2 nitrogen and oxygen atoms in total. The molecule has 0 aliphatic carbocycles. The van der Waals surface area contributed by atoms with Crippen molar-refractivity contribution in [2.75, 3.05) is 0 Å². The van der Waals surface area contributed by atoms with Gasteiger partial charge in [-0.15, -0.1) is 0 Å². The molecule has 1 heterocycles. The molecule has 0 aliphatic heterocycles. The molecule has 1 rings (SSSR count). The average Bonchev–Trinajstić information content (AvgIpc) is 2.14. The molecule has 0 N–H and O–H groups in total. The number of halogens is 1. The number of hydrogen-bond donors (Lipinski definition) is 0. The van der Waals surface area contributed by atoms with Gasteiger partial charge in [-0.05, 0) is 17.5 Å². The summed E-state index contributed by atoms with van der Waals surface area (Å²) in [5, 5.41) is 0.559. The first-order chi connectivity index (χ1) is 4.63. The quantitative estimate of drug-likeness (QED) is 0.613. The van der Waals surface area contributed by atoms with Crippen molar-refractivity contribution in [2.45, 2.75) is 19.8 Å². The molecule has 1 aromatic heterocycles. The molecule has 0 amide bonds. The molecule has 0 aromatic carbocycles. The maximum Gasteiger partial charge on any atom is 0.202 e. The lowest BCUT2D eigenvalue weighted by Crippen LogP contribution is -1.97. The SMILES string of the molecule is CC(C)c1cnc(Cl)n1C. The zero-order valence-electron chi connectivity index (χ0n) is 6.43. The lowest BCUT2D eigenvalue weighted by atomic mass is 10.1. The van der Waals surface area contributed by atoms with E-state index in [1.807, 2.05) is 17.8 Å². The van der Waals surface area contributed by atoms with E-state index in [2.05, 4.69) is 18.8 Å². The van der Waals surface area contributed by atoms with Crippen LogP contribution < -0.4 is 0 Å². The fourth-order valence-electron chi connectivity index (χ4n) is 0.936. The Bertz CT molecular complexity index is 228. The Labute approximate surface area is 65.8 Å². The highest BCUT2D eigenvalue weighted by Gasteiger charge is 2.06. The molecule has 0 radical (unpaired) electrons. The van der Waals surface area contributed by atoms with Crippen LogP contribution in [-0.2, 0) is 7.05 Å². The Kier molecular flexibility index (Phi) is 2.00. The number of imidazole rings is 1. The van der Waals surface area contributed by atoms with E-state index < -0.39 is 0 Å². The molecule has 0 saturated heterocycles. The predicted octanol–water partition coefficient (Wildman–Crippen LogP) is 2.20. The molecule has 0 saturated carbocycles. The zero-order chi connectivity index (χ0) is 7.72. The summed E-state index contributed by atoms with van der Waals surface area (Å²) in [6.45, 7) is 4.24. The lowest BCUT2D eigenvalue weighted by Gasteiger charge is -2.04. The van der Waals surface area contributed by atoms with Crippen molar-refractivity contribution in [1.82, 2.24) is 9.55 Å². The largest absolute Gasteiger partial charge is 0.322 e. The first kappa shape index (κ1) is 7.61. The van der Waals surface area contributed by atoms with Gasteiger partial charge in [-0.1, -0.05) is 13.8 Å². The third kappa shape index (κ3) is 1.16. The molecule has 0 bridgehead atoms. The summed E-state index contributed by atoms with van der Waals surface area (Å²) >= 11 is 5.73. The van der Waals surface area contributed by atoms with Crippen molar-refractivity contribution >= 4 is 11.6 Å². The second kappa shape index (κ2) is 2.62. The first-order valence-electron chi connectivity index (χ1n) is 3.30. The van der Waals surface area contributed by atoms with Crippen molar-refractivity contribution < 1.29 is 0 Å². The second-order valence-electron chi connectivity index (χ2n) is 2.67. The van der Waals surface area contributed by atoms with Crippen LogP contribution in [0.25, 0.3) is 0 Å². The molecule has 1 aromatic rings. The molecule has 0 atom stereocenters. The van der Waals surface area contributed by atoms with Gasteiger partial charge in [-0.2, -0.15) is 0 Å². The van der Waals surface area contributed by atoms with Crippen molar-refractivity contribution in [3.63, 3.8) is 0 Å². The predicted molar refractivity (Wildman–Crippen MR) is 42.3 cm³/mol.